The highest BCUT2D eigenvalue weighted by molar-refractivity contribution is 5.90. The third kappa shape index (κ3) is 29.2. The lowest BCUT2D eigenvalue weighted by atomic mass is 10.4. The summed E-state index contributed by atoms with van der Waals surface area (Å²) >= 11 is 0. The van der Waals surface area contributed by atoms with E-state index in [1.54, 1.807) is 0 Å². The Kier molecular flexibility index (Phi) is 21.0. The number of carbonyl (C=O) groups excluding carboxylic acids is 3. The fraction of sp³-hybridized carbons (Fsp3) is 0.417. The SMILES string of the molecule is C=C(O)C(C)=O.C=CC(=O)CO.O=CCCCO. The Hall–Kier alpha value is -1.79. The molecule has 0 bridgehead atoms. The molecule has 0 radical (unpaired) electrons. The molecule has 0 saturated heterocycles. The van der Waals surface area contributed by atoms with Crippen molar-refractivity contribution in [1.82, 2.24) is 0 Å². The topological polar surface area (TPSA) is 112 Å². The summed E-state index contributed by atoms with van der Waals surface area (Å²) in [5.74, 6) is -1.10. The van der Waals surface area contributed by atoms with Gasteiger partial charge in [0, 0.05) is 20.0 Å². The van der Waals surface area contributed by atoms with Crippen molar-refractivity contribution in [1.29, 1.82) is 0 Å². The van der Waals surface area contributed by atoms with Gasteiger partial charge in [-0.05, 0) is 12.5 Å². The molecule has 18 heavy (non-hydrogen) atoms. The van der Waals surface area contributed by atoms with E-state index in [0.29, 0.717) is 12.8 Å². The van der Waals surface area contributed by atoms with Crippen molar-refractivity contribution in [2.24, 2.45) is 0 Å². The number of aldehydes is 1. The van der Waals surface area contributed by atoms with Gasteiger partial charge in [-0.3, -0.25) is 9.59 Å². The zero-order valence-electron chi connectivity index (χ0n) is 10.5. The molecule has 6 nitrogen and oxygen atoms in total. The van der Waals surface area contributed by atoms with Gasteiger partial charge in [0.15, 0.2) is 17.3 Å². The van der Waals surface area contributed by atoms with Crippen LogP contribution in [0, 0.1) is 0 Å². The molecule has 104 valence electrons. The van der Waals surface area contributed by atoms with E-state index >= 15 is 0 Å². The molecule has 0 spiro atoms. The van der Waals surface area contributed by atoms with Crippen LogP contribution in [0.1, 0.15) is 19.8 Å². The van der Waals surface area contributed by atoms with Crippen LogP contribution in [0.25, 0.3) is 0 Å². The molecule has 0 aromatic rings. The zero-order chi connectivity index (χ0) is 15.0. The van der Waals surface area contributed by atoms with Crippen LogP contribution in [-0.2, 0) is 14.4 Å². The van der Waals surface area contributed by atoms with E-state index in [1.807, 2.05) is 0 Å². The van der Waals surface area contributed by atoms with Crippen molar-refractivity contribution in [3.05, 3.63) is 25.0 Å². The van der Waals surface area contributed by atoms with E-state index in [4.69, 9.17) is 15.3 Å². The van der Waals surface area contributed by atoms with Crippen LogP contribution in [0.2, 0.25) is 0 Å². The van der Waals surface area contributed by atoms with Gasteiger partial charge in [-0.1, -0.05) is 13.2 Å². The Morgan fingerprint density at radius 1 is 1.28 bits per heavy atom. The van der Waals surface area contributed by atoms with Crippen molar-refractivity contribution in [3.63, 3.8) is 0 Å². The molecule has 0 fully saturated rings. The Morgan fingerprint density at radius 3 is 1.78 bits per heavy atom. The van der Waals surface area contributed by atoms with E-state index in [9.17, 15) is 14.4 Å². The third-order valence-corrected chi connectivity index (χ3v) is 1.27. The van der Waals surface area contributed by atoms with Crippen LogP contribution in [-0.4, -0.2) is 46.4 Å². The fourth-order valence-corrected chi connectivity index (χ4v) is 0.239. The average molecular weight is 260 g/mol. The molecule has 0 aliphatic rings. The summed E-state index contributed by atoms with van der Waals surface area (Å²) in [5.41, 5.74) is 0. The summed E-state index contributed by atoms with van der Waals surface area (Å²) in [4.78, 5) is 29.1. The summed E-state index contributed by atoms with van der Waals surface area (Å²) in [6.45, 7) is 7.03. The maximum absolute atomic E-state index is 9.81. The van der Waals surface area contributed by atoms with E-state index in [1.165, 1.54) is 6.92 Å². The minimum absolute atomic E-state index is 0.124. The number of hydrogen-bond donors (Lipinski definition) is 3. The first-order valence-corrected chi connectivity index (χ1v) is 5.06. The molecule has 0 aliphatic heterocycles. The molecular weight excluding hydrogens is 240 g/mol. The maximum atomic E-state index is 9.81. The van der Waals surface area contributed by atoms with E-state index < -0.39 is 6.61 Å². The summed E-state index contributed by atoms with van der Waals surface area (Å²) in [7, 11) is 0. The number of aliphatic hydroxyl groups excluding tert-OH is 3. The molecule has 0 rings (SSSR count). The van der Waals surface area contributed by atoms with Gasteiger partial charge in [0.05, 0.1) is 0 Å². The molecule has 0 atom stereocenters. The van der Waals surface area contributed by atoms with Gasteiger partial charge in [-0.2, -0.15) is 0 Å². The lowest BCUT2D eigenvalue weighted by Gasteiger charge is -1.80. The van der Waals surface area contributed by atoms with Gasteiger partial charge < -0.3 is 20.1 Å². The molecule has 0 aromatic carbocycles. The number of Topliss-reactive ketones (excluding diaryl/α,β-unsaturated/α-hetero) is 1. The Balaban J connectivity index is -0.000000187. The number of ketones is 2. The standard InChI is InChI=1S/2C4H6O2.C4H8O2/c1-3(5)4(2)6;1-2-4(6)3-5;5-3-1-2-4-6/h5H,1H2,2H3;2,5H,1,3H2;3,6H,1-2,4H2. The smallest absolute Gasteiger partial charge is 0.193 e. The van der Waals surface area contributed by atoms with Gasteiger partial charge >= 0.3 is 0 Å². The minimum atomic E-state index is -0.427. The van der Waals surface area contributed by atoms with Gasteiger partial charge in [0.25, 0.3) is 0 Å². The van der Waals surface area contributed by atoms with Crippen molar-refractivity contribution in [2.45, 2.75) is 19.8 Å². The second kappa shape index (κ2) is 17.6. The molecule has 0 aromatic heterocycles. The summed E-state index contributed by atoms with van der Waals surface area (Å²) in [5, 5.41) is 24.0. The van der Waals surface area contributed by atoms with Crippen LogP contribution in [0.15, 0.2) is 25.0 Å². The molecule has 0 unspecified atom stereocenters. The number of aliphatic hydroxyl groups is 3. The van der Waals surface area contributed by atoms with Crippen LogP contribution >= 0.6 is 0 Å². The normalized spacial score (nSPS) is 7.72. The van der Waals surface area contributed by atoms with E-state index in [0.717, 1.165) is 12.4 Å². The highest BCUT2D eigenvalue weighted by atomic mass is 16.3. The molecule has 6 heteroatoms. The number of rotatable bonds is 6. The predicted molar refractivity (Wildman–Crippen MR) is 67.1 cm³/mol. The van der Waals surface area contributed by atoms with Gasteiger partial charge in [0.2, 0.25) is 0 Å². The lowest BCUT2D eigenvalue weighted by molar-refractivity contribution is -0.117. The molecular formula is C12H20O6. The Labute approximate surface area is 106 Å². The minimum Gasteiger partial charge on any atom is -0.505 e. The zero-order valence-corrected chi connectivity index (χ0v) is 10.5. The first kappa shape index (κ1) is 21.5. The average Bonchev–Trinajstić information content (AvgIpc) is 2.36. The van der Waals surface area contributed by atoms with Crippen LogP contribution < -0.4 is 0 Å². The maximum Gasteiger partial charge on any atom is 0.193 e. The second-order valence-corrected chi connectivity index (χ2v) is 2.86. The van der Waals surface area contributed by atoms with E-state index in [2.05, 4.69) is 13.2 Å². The lowest BCUT2D eigenvalue weighted by Crippen LogP contribution is -1.96. The second-order valence-electron chi connectivity index (χ2n) is 2.86. The largest absolute Gasteiger partial charge is 0.505 e. The van der Waals surface area contributed by atoms with Gasteiger partial charge in [-0.15, -0.1) is 0 Å². The summed E-state index contributed by atoms with van der Waals surface area (Å²) in [6, 6.07) is 0. The van der Waals surface area contributed by atoms with Crippen molar-refractivity contribution in [2.75, 3.05) is 13.2 Å². The highest BCUT2D eigenvalue weighted by Crippen LogP contribution is 1.79. The van der Waals surface area contributed by atoms with Gasteiger partial charge in [0.1, 0.15) is 12.9 Å². The van der Waals surface area contributed by atoms with Crippen LogP contribution in [0.5, 0.6) is 0 Å². The van der Waals surface area contributed by atoms with Crippen molar-refractivity contribution in [3.8, 4) is 0 Å². The Morgan fingerprint density at radius 2 is 1.72 bits per heavy atom. The quantitative estimate of drug-likeness (QED) is 0.275. The monoisotopic (exact) mass is 260 g/mol. The molecule has 0 heterocycles. The van der Waals surface area contributed by atoms with E-state index in [-0.39, 0.29) is 23.9 Å². The third-order valence-electron chi connectivity index (χ3n) is 1.27. The first-order valence-electron chi connectivity index (χ1n) is 5.06. The van der Waals surface area contributed by atoms with Gasteiger partial charge in [-0.25, -0.2) is 0 Å². The number of carbonyl (C=O) groups is 3. The number of hydrogen-bond acceptors (Lipinski definition) is 6. The number of unbranched alkanes of at least 4 members (excludes halogenated alkanes) is 1. The fourth-order valence-electron chi connectivity index (χ4n) is 0.239. The predicted octanol–water partition coefficient (Wildman–Crippen LogP) is 0.339. The highest BCUT2D eigenvalue weighted by Gasteiger charge is 1.89. The van der Waals surface area contributed by atoms with Crippen LogP contribution in [0.4, 0.5) is 0 Å². The van der Waals surface area contributed by atoms with Crippen LogP contribution in [0.3, 0.4) is 0 Å². The first-order chi connectivity index (χ1) is 8.37. The molecule has 0 amide bonds. The number of allylic oxidation sites excluding steroid dienone is 1. The summed E-state index contributed by atoms with van der Waals surface area (Å²) in [6.07, 6.45) is 2.97. The summed E-state index contributed by atoms with van der Waals surface area (Å²) < 4.78 is 0. The molecule has 0 aliphatic carbocycles. The van der Waals surface area contributed by atoms with Crippen molar-refractivity contribution < 1.29 is 29.7 Å². The van der Waals surface area contributed by atoms with Crippen molar-refractivity contribution >= 4 is 17.9 Å². The Bertz CT molecular complexity index is 255. The molecule has 0 saturated carbocycles. The molecule has 3 N–H and O–H groups in total.